The molecule has 0 spiro atoms. The van der Waals surface area contributed by atoms with Crippen LogP contribution in [0, 0.1) is 0 Å². The van der Waals surface area contributed by atoms with Gasteiger partial charge in [-0.2, -0.15) is 0 Å². The third kappa shape index (κ3) is 5.91. The molecule has 0 saturated carbocycles. The first kappa shape index (κ1) is 26.5. The molecular formula is C29H33NO6S. The van der Waals surface area contributed by atoms with E-state index in [0.717, 1.165) is 58.0 Å². The molecule has 196 valence electrons. The highest BCUT2D eigenvalue weighted by Crippen LogP contribution is 2.42. The lowest BCUT2D eigenvalue weighted by Gasteiger charge is -2.26. The average molecular weight is 524 g/mol. The minimum Gasteiger partial charge on any atom is -0.496 e. The van der Waals surface area contributed by atoms with Gasteiger partial charge in [-0.3, -0.25) is 4.79 Å². The quantitative estimate of drug-likeness (QED) is 0.208. The molecule has 1 aliphatic rings. The summed E-state index contributed by atoms with van der Waals surface area (Å²) in [7, 11) is 1.66. The summed E-state index contributed by atoms with van der Waals surface area (Å²) in [5.74, 6) is 1.57. The standard InChI is InChI=1S/C29H33NO6S/c1-4-7-22-25(12-10-21(27(22)33-3)24-17-37-18-30-24)34-14-6-15-35-26-11-9-19-20(29(31)32)13-16-36-28(19)23(26)8-5-2/h4,9-12,17-18,20H,1,5-8,13-16H2,2-3H3,(H,31,32). The first-order valence-corrected chi connectivity index (χ1v) is 13.5. The molecule has 2 heterocycles. The third-order valence-corrected chi connectivity index (χ3v) is 6.94. The van der Waals surface area contributed by atoms with E-state index in [1.807, 2.05) is 35.7 Å². The average Bonchev–Trinajstić information content (AvgIpc) is 3.44. The van der Waals surface area contributed by atoms with Crippen LogP contribution in [0.2, 0.25) is 0 Å². The van der Waals surface area contributed by atoms with Gasteiger partial charge in [0.15, 0.2) is 0 Å². The summed E-state index contributed by atoms with van der Waals surface area (Å²) in [5, 5.41) is 11.6. The fraction of sp³-hybridized carbons (Fsp3) is 0.379. The third-order valence-electron chi connectivity index (χ3n) is 6.36. The highest BCUT2D eigenvalue weighted by atomic mass is 32.1. The Morgan fingerprint density at radius 2 is 1.97 bits per heavy atom. The van der Waals surface area contributed by atoms with Crippen molar-refractivity contribution in [1.29, 1.82) is 0 Å². The second kappa shape index (κ2) is 12.6. The van der Waals surface area contributed by atoms with Crippen LogP contribution in [0.15, 0.2) is 47.8 Å². The van der Waals surface area contributed by atoms with Crippen molar-refractivity contribution >= 4 is 17.3 Å². The van der Waals surface area contributed by atoms with Gasteiger partial charge in [0.25, 0.3) is 0 Å². The van der Waals surface area contributed by atoms with Gasteiger partial charge in [-0.1, -0.05) is 25.5 Å². The topological polar surface area (TPSA) is 87.1 Å². The predicted molar refractivity (Wildman–Crippen MR) is 145 cm³/mol. The smallest absolute Gasteiger partial charge is 0.311 e. The summed E-state index contributed by atoms with van der Waals surface area (Å²) in [6.07, 6.45) is 5.26. The number of hydrogen-bond acceptors (Lipinski definition) is 7. The fourth-order valence-corrected chi connectivity index (χ4v) is 5.22. The van der Waals surface area contributed by atoms with E-state index in [1.165, 1.54) is 0 Å². The van der Waals surface area contributed by atoms with Crippen LogP contribution < -0.4 is 18.9 Å². The van der Waals surface area contributed by atoms with Crippen molar-refractivity contribution in [3.8, 4) is 34.3 Å². The van der Waals surface area contributed by atoms with Crippen LogP contribution in [0.25, 0.3) is 11.3 Å². The van der Waals surface area contributed by atoms with Gasteiger partial charge in [0.05, 0.1) is 44.1 Å². The van der Waals surface area contributed by atoms with Crippen LogP contribution >= 0.6 is 11.3 Å². The minimum atomic E-state index is -0.815. The number of methoxy groups -OCH3 is 1. The molecule has 0 fully saturated rings. The molecule has 4 rings (SSSR count). The van der Waals surface area contributed by atoms with Crippen molar-refractivity contribution in [2.45, 2.75) is 44.9 Å². The maximum Gasteiger partial charge on any atom is 0.311 e. The first-order valence-electron chi connectivity index (χ1n) is 12.5. The lowest BCUT2D eigenvalue weighted by molar-refractivity contribution is -0.139. The maximum atomic E-state index is 11.7. The number of aromatic nitrogens is 1. The van der Waals surface area contributed by atoms with E-state index in [2.05, 4.69) is 18.5 Å². The number of benzene rings is 2. The number of hydrogen-bond donors (Lipinski definition) is 1. The van der Waals surface area contributed by atoms with Gasteiger partial charge in [0, 0.05) is 34.1 Å². The number of carbonyl (C=O) groups is 1. The Labute approximate surface area is 221 Å². The van der Waals surface area contributed by atoms with Crippen molar-refractivity contribution in [2.24, 2.45) is 0 Å². The number of carboxylic acid groups (broad SMARTS) is 1. The van der Waals surface area contributed by atoms with Crippen LogP contribution in [0.3, 0.4) is 0 Å². The molecule has 7 nitrogen and oxygen atoms in total. The van der Waals surface area contributed by atoms with Crippen LogP contribution in [0.5, 0.6) is 23.0 Å². The summed E-state index contributed by atoms with van der Waals surface area (Å²) >= 11 is 1.54. The van der Waals surface area contributed by atoms with E-state index in [1.54, 1.807) is 24.0 Å². The van der Waals surface area contributed by atoms with E-state index in [9.17, 15) is 9.90 Å². The zero-order chi connectivity index (χ0) is 26.2. The molecule has 1 atom stereocenters. The highest BCUT2D eigenvalue weighted by Gasteiger charge is 2.30. The fourth-order valence-electron chi connectivity index (χ4n) is 4.67. The number of rotatable bonds is 13. The van der Waals surface area contributed by atoms with Crippen molar-refractivity contribution in [1.82, 2.24) is 4.98 Å². The summed E-state index contributed by atoms with van der Waals surface area (Å²) in [6.45, 7) is 7.30. The number of aliphatic carboxylic acids is 1. The van der Waals surface area contributed by atoms with Gasteiger partial charge in [-0.05, 0) is 37.5 Å². The number of thiazole rings is 1. The highest BCUT2D eigenvalue weighted by molar-refractivity contribution is 7.07. The second-order valence-corrected chi connectivity index (χ2v) is 9.50. The molecule has 0 bridgehead atoms. The van der Waals surface area contributed by atoms with Crippen LogP contribution in [-0.2, 0) is 17.6 Å². The molecule has 0 amide bonds. The normalized spacial score (nSPS) is 14.4. The summed E-state index contributed by atoms with van der Waals surface area (Å²) in [5.41, 5.74) is 6.23. The predicted octanol–water partition coefficient (Wildman–Crippen LogP) is 6.30. The molecule has 2 aromatic carbocycles. The molecule has 1 aromatic heterocycles. The number of allylic oxidation sites excluding steroid dienone is 1. The molecule has 8 heteroatoms. The van der Waals surface area contributed by atoms with Gasteiger partial charge in [0.2, 0.25) is 0 Å². The minimum absolute atomic E-state index is 0.399. The van der Waals surface area contributed by atoms with Crippen molar-refractivity contribution in [3.63, 3.8) is 0 Å². The Balaban J connectivity index is 1.42. The molecule has 0 saturated heterocycles. The SMILES string of the molecule is C=CCc1c(OCCCOc2ccc3c(c2CCC)OCCC3C(=O)O)ccc(-c2cscn2)c1OC. The van der Waals surface area contributed by atoms with Gasteiger partial charge in [0.1, 0.15) is 23.0 Å². The van der Waals surface area contributed by atoms with Gasteiger partial charge >= 0.3 is 5.97 Å². The Kier molecular flexibility index (Phi) is 9.06. The molecule has 1 unspecified atom stereocenters. The van der Waals surface area contributed by atoms with Crippen molar-refractivity contribution in [3.05, 3.63) is 64.5 Å². The Morgan fingerprint density at radius 1 is 1.22 bits per heavy atom. The molecule has 0 aliphatic carbocycles. The number of fused-ring (bicyclic) bond motifs is 1. The zero-order valence-corrected chi connectivity index (χ0v) is 22.1. The van der Waals surface area contributed by atoms with E-state index < -0.39 is 11.9 Å². The van der Waals surface area contributed by atoms with Crippen molar-refractivity contribution in [2.75, 3.05) is 26.9 Å². The number of carboxylic acids is 1. The zero-order valence-electron chi connectivity index (χ0n) is 21.3. The largest absolute Gasteiger partial charge is 0.496 e. The first-order chi connectivity index (χ1) is 18.1. The molecule has 0 radical (unpaired) electrons. The van der Waals surface area contributed by atoms with Crippen LogP contribution in [0.1, 0.15) is 48.8 Å². The van der Waals surface area contributed by atoms with Gasteiger partial charge in [-0.15, -0.1) is 17.9 Å². The van der Waals surface area contributed by atoms with Crippen LogP contribution in [0.4, 0.5) is 0 Å². The molecule has 37 heavy (non-hydrogen) atoms. The lowest BCUT2D eigenvalue weighted by Crippen LogP contribution is -2.22. The van der Waals surface area contributed by atoms with E-state index in [4.69, 9.17) is 18.9 Å². The molecule has 3 aromatic rings. The lowest BCUT2D eigenvalue weighted by atomic mass is 9.90. The Hall–Kier alpha value is -3.52. The Bertz CT molecular complexity index is 1220. The molecular weight excluding hydrogens is 490 g/mol. The maximum absolute atomic E-state index is 11.7. The summed E-state index contributed by atoms with van der Waals surface area (Å²) in [4.78, 5) is 16.1. The second-order valence-electron chi connectivity index (χ2n) is 8.78. The van der Waals surface area contributed by atoms with E-state index in [0.29, 0.717) is 44.8 Å². The summed E-state index contributed by atoms with van der Waals surface area (Å²) in [6, 6.07) is 7.63. The number of nitrogens with zero attached hydrogens (tertiary/aromatic N) is 1. The number of ether oxygens (including phenoxy) is 4. The van der Waals surface area contributed by atoms with E-state index >= 15 is 0 Å². The van der Waals surface area contributed by atoms with Gasteiger partial charge < -0.3 is 24.1 Å². The van der Waals surface area contributed by atoms with Crippen molar-refractivity contribution < 1.29 is 28.8 Å². The van der Waals surface area contributed by atoms with Gasteiger partial charge in [-0.25, -0.2) is 4.98 Å². The summed E-state index contributed by atoms with van der Waals surface area (Å²) < 4.78 is 23.9. The molecule has 1 N–H and O–H groups in total. The Morgan fingerprint density at radius 3 is 2.62 bits per heavy atom. The van der Waals surface area contributed by atoms with Crippen LogP contribution in [-0.4, -0.2) is 43.0 Å². The molecule has 1 aliphatic heterocycles. The van der Waals surface area contributed by atoms with E-state index in [-0.39, 0.29) is 0 Å². The monoisotopic (exact) mass is 523 g/mol.